The lowest BCUT2D eigenvalue weighted by Crippen LogP contribution is -1.99. The molecule has 0 saturated carbocycles. The first kappa shape index (κ1) is 11.0. The van der Waals surface area contributed by atoms with Crippen molar-refractivity contribution < 1.29 is 5.11 Å². The topological polar surface area (TPSA) is 20.2 Å². The van der Waals surface area contributed by atoms with Crippen LogP contribution >= 0.6 is 0 Å². The lowest BCUT2D eigenvalue weighted by molar-refractivity contribution is 0.166. The average Bonchev–Trinajstić information content (AvgIpc) is 1.91. The van der Waals surface area contributed by atoms with Gasteiger partial charge in [-0.3, -0.25) is 0 Å². The van der Waals surface area contributed by atoms with E-state index in [2.05, 4.69) is 15.5 Å². The van der Waals surface area contributed by atoms with Gasteiger partial charge in [-0.05, 0) is 12.8 Å². The molecule has 3 heteroatoms. The lowest BCUT2D eigenvalue weighted by Gasteiger charge is -1.98. The molecule has 0 atom stereocenters. The summed E-state index contributed by atoms with van der Waals surface area (Å²) in [6.45, 7) is 3.96. The first-order chi connectivity index (χ1) is 3.81. The van der Waals surface area contributed by atoms with Crippen molar-refractivity contribution in [2.45, 2.75) is 32.8 Å². The van der Waals surface area contributed by atoms with E-state index >= 15 is 0 Å². The number of hydrogen-bond donors (Lipinski definition) is 1. The zero-order chi connectivity index (χ0) is 6.99. The maximum absolute atomic E-state index is 8.67. The largest absolute Gasteiger partial charge is 0.393 e. The van der Waals surface area contributed by atoms with Crippen LogP contribution in [0.2, 0.25) is 0 Å². The Labute approximate surface area is 54.3 Å². The van der Waals surface area contributed by atoms with Crippen LogP contribution < -0.4 is 0 Å². The highest BCUT2D eigenvalue weighted by atomic mass is 16.3. The molecule has 0 unspecified atom stereocenters. The SMILES string of the molecule is CCC(O)CC.[B][B]. The van der Waals surface area contributed by atoms with E-state index in [0.29, 0.717) is 0 Å². The highest BCUT2D eigenvalue weighted by Crippen LogP contribution is 1.91. The standard InChI is InChI=1S/C5H12O.B2/c1-3-5(6)4-2;1-2/h5-6H,3-4H2,1-2H3;. The van der Waals surface area contributed by atoms with Gasteiger partial charge in [0.2, 0.25) is 0 Å². The summed E-state index contributed by atoms with van der Waals surface area (Å²) >= 11 is 0. The van der Waals surface area contributed by atoms with Crippen molar-refractivity contribution in [1.29, 1.82) is 0 Å². The Balaban J connectivity index is 0. The summed E-state index contributed by atoms with van der Waals surface area (Å²) in [4.78, 5) is 0. The quantitative estimate of drug-likeness (QED) is 0.510. The van der Waals surface area contributed by atoms with Gasteiger partial charge in [0.05, 0.1) is 6.10 Å². The van der Waals surface area contributed by atoms with Gasteiger partial charge in [-0.15, -0.1) is 0 Å². The van der Waals surface area contributed by atoms with Gasteiger partial charge in [0, 0.05) is 15.5 Å². The molecule has 1 N–H and O–H groups in total. The second-order valence-electron chi connectivity index (χ2n) is 1.47. The van der Waals surface area contributed by atoms with Crippen molar-refractivity contribution in [3.63, 3.8) is 0 Å². The molecular formula is C5H12B2O. The second kappa shape index (κ2) is 10.1. The van der Waals surface area contributed by atoms with Gasteiger partial charge in [-0.1, -0.05) is 13.8 Å². The monoisotopic (exact) mass is 110 g/mol. The van der Waals surface area contributed by atoms with E-state index < -0.39 is 0 Å². The lowest BCUT2D eigenvalue weighted by atomic mass is 9.81. The fourth-order valence-electron chi connectivity index (χ4n) is 0.289. The van der Waals surface area contributed by atoms with Crippen molar-refractivity contribution in [2.75, 3.05) is 0 Å². The van der Waals surface area contributed by atoms with E-state index in [1.165, 1.54) is 0 Å². The van der Waals surface area contributed by atoms with Gasteiger partial charge in [0.25, 0.3) is 0 Å². The third-order valence-corrected chi connectivity index (χ3v) is 0.942. The van der Waals surface area contributed by atoms with Gasteiger partial charge in [-0.2, -0.15) is 0 Å². The molecule has 0 rings (SSSR count). The predicted molar refractivity (Wildman–Crippen MR) is 38.1 cm³/mol. The Morgan fingerprint density at radius 2 is 1.50 bits per heavy atom. The fourth-order valence-corrected chi connectivity index (χ4v) is 0.289. The number of aliphatic hydroxyl groups excluding tert-OH is 1. The normalized spacial score (nSPS) is 8.00. The molecule has 1 nitrogen and oxygen atoms in total. The molecular weight excluding hydrogens is 97.7 g/mol. The Bertz CT molecular complexity index is 29.6. The third kappa shape index (κ3) is 9.43. The van der Waals surface area contributed by atoms with E-state index in [0.717, 1.165) is 12.8 Å². The van der Waals surface area contributed by atoms with Gasteiger partial charge in [-0.25, -0.2) is 0 Å². The van der Waals surface area contributed by atoms with E-state index in [9.17, 15) is 0 Å². The molecule has 0 bridgehead atoms. The summed E-state index contributed by atoms with van der Waals surface area (Å²) in [5.41, 5.74) is 0. The summed E-state index contributed by atoms with van der Waals surface area (Å²) in [6.07, 6.45) is 1.71. The highest BCUT2D eigenvalue weighted by molar-refractivity contribution is 6.75. The van der Waals surface area contributed by atoms with E-state index in [-0.39, 0.29) is 6.10 Å². The number of hydrogen-bond acceptors (Lipinski definition) is 1. The van der Waals surface area contributed by atoms with E-state index in [1.807, 2.05) is 13.8 Å². The van der Waals surface area contributed by atoms with Crippen LogP contribution in [0.4, 0.5) is 0 Å². The molecule has 0 fully saturated rings. The number of aliphatic hydroxyl groups is 1. The maximum Gasteiger partial charge on any atom is 0.0535 e. The summed E-state index contributed by atoms with van der Waals surface area (Å²) in [5.74, 6) is 0. The minimum atomic E-state index is -0.0648. The Morgan fingerprint density at radius 1 is 1.25 bits per heavy atom. The molecule has 0 aromatic carbocycles. The molecule has 0 aliphatic rings. The highest BCUT2D eigenvalue weighted by Gasteiger charge is 1.90. The molecule has 4 radical (unpaired) electrons. The van der Waals surface area contributed by atoms with Crippen molar-refractivity contribution >= 4 is 15.5 Å². The van der Waals surface area contributed by atoms with E-state index in [4.69, 9.17) is 5.11 Å². The minimum absolute atomic E-state index is 0.0648. The fraction of sp³-hybridized carbons (Fsp3) is 1.00. The molecule has 0 saturated heterocycles. The summed E-state index contributed by atoms with van der Waals surface area (Å²) in [7, 11) is 8.00. The smallest absolute Gasteiger partial charge is 0.0535 e. The first-order valence-electron chi connectivity index (χ1n) is 2.82. The molecule has 0 heterocycles. The first-order valence-corrected chi connectivity index (χ1v) is 2.82. The van der Waals surface area contributed by atoms with Crippen LogP contribution in [0.25, 0.3) is 0 Å². The minimum Gasteiger partial charge on any atom is -0.393 e. The van der Waals surface area contributed by atoms with Crippen molar-refractivity contribution in [3.05, 3.63) is 0 Å². The second-order valence-corrected chi connectivity index (χ2v) is 1.47. The van der Waals surface area contributed by atoms with Crippen molar-refractivity contribution in [2.24, 2.45) is 0 Å². The van der Waals surface area contributed by atoms with Crippen LogP contribution in [0.15, 0.2) is 0 Å². The van der Waals surface area contributed by atoms with Crippen LogP contribution in [0, 0.1) is 0 Å². The van der Waals surface area contributed by atoms with Crippen LogP contribution in [-0.4, -0.2) is 26.7 Å². The third-order valence-electron chi connectivity index (χ3n) is 0.942. The van der Waals surface area contributed by atoms with Crippen LogP contribution in [0.1, 0.15) is 26.7 Å². The van der Waals surface area contributed by atoms with E-state index in [1.54, 1.807) is 0 Å². The van der Waals surface area contributed by atoms with Crippen LogP contribution in [0.5, 0.6) is 0 Å². The maximum atomic E-state index is 8.67. The van der Waals surface area contributed by atoms with Crippen LogP contribution in [-0.2, 0) is 0 Å². The van der Waals surface area contributed by atoms with Gasteiger partial charge in [0.15, 0.2) is 0 Å². The zero-order valence-corrected chi connectivity index (χ0v) is 5.59. The van der Waals surface area contributed by atoms with Gasteiger partial charge in [0.1, 0.15) is 0 Å². The summed E-state index contributed by atoms with van der Waals surface area (Å²) < 4.78 is 0. The molecule has 8 heavy (non-hydrogen) atoms. The van der Waals surface area contributed by atoms with Gasteiger partial charge < -0.3 is 5.11 Å². The molecule has 0 aliphatic heterocycles. The predicted octanol–water partition coefficient (Wildman–Crippen LogP) is 0.406. The van der Waals surface area contributed by atoms with Gasteiger partial charge >= 0.3 is 0 Å². The molecule has 0 aliphatic carbocycles. The van der Waals surface area contributed by atoms with Crippen LogP contribution in [0.3, 0.4) is 0 Å². The number of rotatable bonds is 2. The Hall–Kier alpha value is 0.0899. The molecule has 44 valence electrons. The molecule has 0 aromatic rings. The zero-order valence-electron chi connectivity index (χ0n) is 5.59. The molecule has 0 amide bonds. The summed E-state index contributed by atoms with van der Waals surface area (Å²) in [6, 6.07) is 0. The Morgan fingerprint density at radius 3 is 1.50 bits per heavy atom. The Kier molecular flexibility index (Phi) is 13.9. The average molecular weight is 110 g/mol. The summed E-state index contributed by atoms with van der Waals surface area (Å²) in [5, 5.41) is 8.67. The van der Waals surface area contributed by atoms with Crippen molar-refractivity contribution in [3.8, 4) is 0 Å². The molecule has 0 aromatic heterocycles. The van der Waals surface area contributed by atoms with Crippen molar-refractivity contribution in [1.82, 2.24) is 0 Å². The molecule has 0 spiro atoms.